The normalized spacial score (nSPS) is 9.80. The average Bonchev–Trinajstić information content (AvgIpc) is 2.21. The molecule has 0 aliphatic heterocycles. The van der Waals surface area contributed by atoms with E-state index in [2.05, 4.69) is 14.9 Å². The monoisotopic (exact) mass is 248 g/mol. The third kappa shape index (κ3) is 3.14. The van der Waals surface area contributed by atoms with Gasteiger partial charge in [-0.1, -0.05) is 23.2 Å². The Bertz CT molecular complexity index is 409. The predicted octanol–water partition coefficient (Wildman–Crippen LogP) is 1.53. The number of carbonyl (C=O) groups excluding carboxylic acids is 2. The summed E-state index contributed by atoms with van der Waals surface area (Å²) in [5, 5.41) is 6.82. The van der Waals surface area contributed by atoms with Crippen LogP contribution in [0.25, 0.3) is 0 Å². The van der Waals surface area contributed by atoms with Gasteiger partial charge in [-0.2, -0.15) is 0 Å². The topological polar surface area (TPSA) is 69.2 Å². The largest absolute Gasteiger partial charge is 0.469 e. The Balaban J connectivity index is 2.91. The number of esters is 1. The fourth-order valence-electron chi connectivity index (χ4n) is 0.847. The van der Waals surface area contributed by atoms with Gasteiger partial charge in [0.1, 0.15) is 6.42 Å². The second-order valence-corrected chi connectivity index (χ2v) is 3.29. The number of halogens is 2. The second kappa shape index (κ2) is 5.04. The summed E-state index contributed by atoms with van der Waals surface area (Å²) in [6.45, 7) is 0. The van der Waals surface area contributed by atoms with Crippen LogP contribution in [0, 0.1) is 0 Å². The van der Waals surface area contributed by atoms with Gasteiger partial charge in [0.05, 0.1) is 12.7 Å². The van der Waals surface area contributed by atoms with Crippen molar-refractivity contribution < 1.29 is 14.3 Å². The highest BCUT2D eigenvalue weighted by molar-refractivity contribution is 6.34. The van der Waals surface area contributed by atoms with E-state index in [1.165, 1.54) is 13.2 Å². The van der Waals surface area contributed by atoms with Crippen molar-refractivity contribution in [3.63, 3.8) is 0 Å². The van der Waals surface area contributed by atoms with Gasteiger partial charge in [-0.25, -0.2) is 0 Å². The lowest BCUT2D eigenvalue weighted by atomic mass is 10.1. The molecule has 15 heavy (non-hydrogen) atoms. The van der Waals surface area contributed by atoms with Crippen molar-refractivity contribution in [2.75, 3.05) is 7.11 Å². The van der Waals surface area contributed by atoms with Crippen LogP contribution >= 0.6 is 23.2 Å². The molecular weight excluding hydrogens is 243 g/mol. The quantitative estimate of drug-likeness (QED) is 0.461. The van der Waals surface area contributed by atoms with Crippen LogP contribution in [0.15, 0.2) is 6.07 Å². The number of hydrogen-bond acceptors (Lipinski definition) is 5. The SMILES string of the molecule is COC(=O)CC(=O)c1cc(Cl)nnc1Cl. The number of aromatic nitrogens is 2. The van der Waals surface area contributed by atoms with Crippen LogP contribution in [0.3, 0.4) is 0 Å². The Morgan fingerprint density at radius 1 is 1.40 bits per heavy atom. The van der Waals surface area contributed by atoms with Crippen molar-refractivity contribution in [2.45, 2.75) is 6.42 Å². The smallest absolute Gasteiger partial charge is 0.313 e. The van der Waals surface area contributed by atoms with Crippen LogP contribution < -0.4 is 0 Å². The van der Waals surface area contributed by atoms with Crippen LogP contribution in [-0.4, -0.2) is 29.1 Å². The van der Waals surface area contributed by atoms with Crippen LogP contribution in [0.4, 0.5) is 0 Å². The zero-order chi connectivity index (χ0) is 11.4. The van der Waals surface area contributed by atoms with Gasteiger partial charge < -0.3 is 4.74 Å². The minimum absolute atomic E-state index is 0.0348. The fourth-order valence-corrected chi connectivity index (χ4v) is 1.19. The number of Topliss-reactive ketones (excluding diaryl/α,β-unsaturated/α-hetero) is 1. The van der Waals surface area contributed by atoms with E-state index in [4.69, 9.17) is 23.2 Å². The standard InChI is InChI=1S/C8H6Cl2N2O3/c1-15-7(14)3-5(13)4-2-6(9)11-12-8(4)10/h2H,3H2,1H3. The summed E-state index contributed by atoms with van der Waals surface area (Å²) < 4.78 is 4.34. The van der Waals surface area contributed by atoms with Gasteiger partial charge in [0.2, 0.25) is 0 Å². The summed E-state index contributed by atoms with van der Waals surface area (Å²) in [5.41, 5.74) is 0.0575. The highest BCUT2D eigenvalue weighted by Gasteiger charge is 2.16. The Hall–Kier alpha value is -1.20. The molecule has 0 atom stereocenters. The lowest BCUT2D eigenvalue weighted by Crippen LogP contribution is -2.10. The molecule has 0 unspecified atom stereocenters. The lowest BCUT2D eigenvalue weighted by Gasteiger charge is -2.01. The third-order valence-corrected chi connectivity index (χ3v) is 2.02. The van der Waals surface area contributed by atoms with Crippen molar-refractivity contribution in [1.29, 1.82) is 0 Å². The highest BCUT2D eigenvalue weighted by Crippen LogP contribution is 2.17. The molecule has 0 aromatic carbocycles. The maximum Gasteiger partial charge on any atom is 0.313 e. The Morgan fingerprint density at radius 3 is 2.67 bits per heavy atom. The minimum Gasteiger partial charge on any atom is -0.469 e. The van der Waals surface area contributed by atoms with Crippen molar-refractivity contribution in [3.05, 3.63) is 21.9 Å². The molecule has 1 aromatic rings. The van der Waals surface area contributed by atoms with E-state index in [0.29, 0.717) is 0 Å². The maximum atomic E-state index is 11.5. The molecule has 0 spiro atoms. The number of carbonyl (C=O) groups is 2. The first-order valence-corrected chi connectivity index (χ1v) is 4.59. The predicted molar refractivity (Wildman–Crippen MR) is 53.0 cm³/mol. The molecule has 7 heteroatoms. The van der Waals surface area contributed by atoms with Gasteiger partial charge in [-0.3, -0.25) is 9.59 Å². The number of rotatable bonds is 3. The summed E-state index contributed by atoms with van der Waals surface area (Å²) in [4.78, 5) is 22.3. The maximum absolute atomic E-state index is 11.5. The summed E-state index contributed by atoms with van der Waals surface area (Å²) in [6.07, 6.45) is -0.405. The molecule has 5 nitrogen and oxygen atoms in total. The van der Waals surface area contributed by atoms with Gasteiger partial charge in [-0.05, 0) is 6.07 Å². The van der Waals surface area contributed by atoms with E-state index in [-0.39, 0.29) is 15.9 Å². The summed E-state index contributed by atoms with van der Waals surface area (Å²) >= 11 is 11.1. The van der Waals surface area contributed by atoms with Gasteiger partial charge in [0.15, 0.2) is 16.1 Å². The first-order valence-electron chi connectivity index (χ1n) is 3.83. The Kier molecular flexibility index (Phi) is 3.99. The van der Waals surface area contributed by atoms with Crippen molar-refractivity contribution in [3.8, 4) is 0 Å². The molecule has 1 aromatic heterocycles. The molecular formula is C8H6Cl2N2O3. The Morgan fingerprint density at radius 2 is 2.07 bits per heavy atom. The number of ether oxygens (including phenoxy) is 1. The molecule has 0 saturated heterocycles. The number of methoxy groups -OCH3 is 1. The number of nitrogens with zero attached hydrogens (tertiary/aromatic N) is 2. The first kappa shape index (κ1) is 11.9. The van der Waals surface area contributed by atoms with Crippen LogP contribution in [0.5, 0.6) is 0 Å². The van der Waals surface area contributed by atoms with Crippen LogP contribution in [0.2, 0.25) is 10.3 Å². The van der Waals surface area contributed by atoms with E-state index >= 15 is 0 Å². The molecule has 0 aliphatic carbocycles. The van der Waals surface area contributed by atoms with Gasteiger partial charge in [0.25, 0.3) is 0 Å². The molecule has 0 radical (unpaired) electrons. The molecule has 0 aliphatic rings. The molecule has 0 bridgehead atoms. The van der Waals surface area contributed by atoms with Crippen LogP contribution in [0.1, 0.15) is 16.8 Å². The minimum atomic E-state index is -0.649. The van der Waals surface area contributed by atoms with E-state index in [1.807, 2.05) is 0 Å². The zero-order valence-corrected chi connectivity index (χ0v) is 9.17. The molecule has 1 rings (SSSR count). The van der Waals surface area contributed by atoms with E-state index in [1.54, 1.807) is 0 Å². The molecule has 80 valence electrons. The highest BCUT2D eigenvalue weighted by atomic mass is 35.5. The van der Waals surface area contributed by atoms with Crippen molar-refractivity contribution in [1.82, 2.24) is 10.2 Å². The summed E-state index contributed by atoms with van der Waals surface area (Å²) in [6, 6.07) is 1.25. The average molecular weight is 249 g/mol. The first-order chi connectivity index (χ1) is 7.04. The molecule has 0 N–H and O–H groups in total. The summed E-state index contributed by atoms with van der Waals surface area (Å²) in [5.74, 6) is -1.16. The number of ketones is 1. The van der Waals surface area contributed by atoms with Gasteiger partial charge in [0, 0.05) is 0 Å². The van der Waals surface area contributed by atoms with E-state index < -0.39 is 18.2 Å². The van der Waals surface area contributed by atoms with Crippen molar-refractivity contribution >= 4 is 35.0 Å². The van der Waals surface area contributed by atoms with Crippen LogP contribution in [-0.2, 0) is 9.53 Å². The van der Waals surface area contributed by atoms with E-state index in [9.17, 15) is 9.59 Å². The summed E-state index contributed by atoms with van der Waals surface area (Å²) in [7, 11) is 1.19. The zero-order valence-electron chi connectivity index (χ0n) is 7.66. The molecule has 0 saturated carbocycles. The molecule has 0 amide bonds. The number of hydrogen-bond donors (Lipinski definition) is 0. The molecule has 0 fully saturated rings. The third-order valence-electron chi connectivity index (χ3n) is 1.55. The van der Waals surface area contributed by atoms with Gasteiger partial charge >= 0.3 is 5.97 Å². The second-order valence-electron chi connectivity index (χ2n) is 2.55. The fraction of sp³-hybridized carbons (Fsp3) is 0.250. The van der Waals surface area contributed by atoms with E-state index in [0.717, 1.165) is 0 Å². The van der Waals surface area contributed by atoms with Gasteiger partial charge in [-0.15, -0.1) is 10.2 Å². The Labute approximate surface area is 95.3 Å². The molecule has 1 heterocycles. The lowest BCUT2D eigenvalue weighted by molar-refractivity contribution is -0.139. The van der Waals surface area contributed by atoms with Crippen molar-refractivity contribution in [2.24, 2.45) is 0 Å².